The first-order valence-corrected chi connectivity index (χ1v) is 6.33. The largest absolute Gasteiger partial charge is 0.478 e. The van der Waals surface area contributed by atoms with Gasteiger partial charge in [0.2, 0.25) is 0 Å². The molecule has 2 amide bonds. The summed E-state index contributed by atoms with van der Waals surface area (Å²) in [5.74, 6) is 1.48. The third-order valence-electron chi connectivity index (χ3n) is 3.00. The predicted octanol–water partition coefficient (Wildman–Crippen LogP) is 2.62. The van der Waals surface area contributed by atoms with Gasteiger partial charge in [0.1, 0.15) is 0 Å². The van der Waals surface area contributed by atoms with Crippen molar-refractivity contribution in [1.29, 1.82) is 0 Å². The van der Waals surface area contributed by atoms with Gasteiger partial charge in [0, 0.05) is 18.2 Å². The summed E-state index contributed by atoms with van der Waals surface area (Å²) >= 11 is 0. The molecule has 1 aromatic rings. The minimum absolute atomic E-state index is 0.0945. The lowest BCUT2D eigenvalue weighted by Gasteiger charge is -2.16. The van der Waals surface area contributed by atoms with E-state index >= 15 is 0 Å². The van der Waals surface area contributed by atoms with Crippen molar-refractivity contribution in [2.24, 2.45) is 0 Å². The zero-order valence-corrected chi connectivity index (χ0v) is 11.6. The fourth-order valence-corrected chi connectivity index (χ4v) is 1.79. The minimum atomic E-state index is -1.02. The molecular weight excluding hydrogens is 256 g/mol. The highest BCUT2D eigenvalue weighted by Crippen LogP contribution is 2.18. The van der Waals surface area contributed by atoms with E-state index < -0.39 is 12.0 Å². The van der Waals surface area contributed by atoms with E-state index in [1.807, 2.05) is 6.92 Å². The van der Waals surface area contributed by atoms with Crippen molar-refractivity contribution < 1.29 is 14.7 Å². The molecule has 0 radical (unpaired) electrons. The van der Waals surface area contributed by atoms with Gasteiger partial charge in [-0.3, -0.25) is 0 Å². The van der Waals surface area contributed by atoms with Crippen LogP contribution >= 0.6 is 0 Å². The molecule has 0 saturated heterocycles. The monoisotopic (exact) mass is 274 g/mol. The quantitative estimate of drug-likeness (QED) is 0.722. The summed E-state index contributed by atoms with van der Waals surface area (Å²) in [6.07, 6.45) is 6.41. The highest BCUT2D eigenvalue weighted by molar-refractivity contribution is 5.95. The number of benzene rings is 1. The number of hydrogen-bond donors (Lipinski definition) is 3. The Morgan fingerprint density at radius 1 is 1.45 bits per heavy atom. The molecule has 1 unspecified atom stereocenters. The molecule has 0 aromatic heterocycles. The topological polar surface area (TPSA) is 78.4 Å². The van der Waals surface area contributed by atoms with Gasteiger partial charge >= 0.3 is 12.0 Å². The molecule has 0 aliphatic carbocycles. The number of anilines is 1. The third kappa shape index (κ3) is 4.02. The van der Waals surface area contributed by atoms with Crippen LogP contribution in [0.3, 0.4) is 0 Å². The van der Waals surface area contributed by atoms with E-state index in [9.17, 15) is 9.59 Å². The molecule has 0 heterocycles. The first kappa shape index (κ1) is 15.6. The smallest absolute Gasteiger partial charge is 0.336 e. The summed E-state index contributed by atoms with van der Waals surface area (Å²) in [6, 6.07) is 4.25. The molecule has 5 nitrogen and oxygen atoms in total. The lowest BCUT2D eigenvalue weighted by Crippen LogP contribution is -2.37. The van der Waals surface area contributed by atoms with Gasteiger partial charge < -0.3 is 15.7 Å². The molecule has 106 valence electrons. The van der Waals surface area contributed by atoms with Crippen LogP contribution in [0.2, 0.25) is 0 Å². The van der Waals surface area contributed by atoms with Crippen LogP contribution in [0.15, 0.2) is 18.2 Å². The van der Waals surface area contributed by atoms with Crippen LogP contribution in [0.5, 0.6) is 0 Å². The second kappa shape index (κ2) is 7.19. The Morgan fingerprint density at radius 3 is 2.70 bits per heavy atom. The Morgan fingerprint density at radius 2 is 2.15 bits per heavy atom. The van der Waals surface area contributed by atoms with Crippen molar-refractivity contribution in [3.63, 3.8) is 0 Å². The number of nitrogens with one attached hydrogen (secondary N) is 2. The average molecular weight is 274 g/mol. The fraction of sp³-hybridized carbons (Fsp3) is 0.333. The molecule has 0 bridgehead atoms. The van der Waals surface area contributed by atoms with Gasteiger partial charge in [-0.15, -0.1) is 12.3 Å². The molecule has 0 aliphatic heterocycles. The van der Waals surface area contributed by atoms with E-state index in [2.05, 4.69) is 16.6 Å². The normalized spacial score (nSPS) is 11.2. The van der Waals surface area contributed by atoms with Gasteiger partial charge in [-0.25, -0.2) is 9.59 Å². The van der Waals surface area contributed by atoms with E-state index in [1.54, 1.807) is 19.1 Å². The van der Waals surface area contributed by atoms with Crippen LogP contribution in [-0.2, 0) is 0 Å². The summed E-state index contributed by atoms with van der Waals surface area (Å²) in [5.41, 5.74) is 1.15. The second-order valence-corrected chi connectivity index (χ2v) is 4.40. The number of terminal acetylenes is 1. The highest BCUT2D eigenvalue weighted by Gasteiger charge is 2.13. The van der Waals surface area contributed by atoms with E-state index in [1.165, 1.54) is 6.07 Å². The number of carboxylic acid groups (broad SMARTS) is 1. The van der Waals surface area contributed by atoms with Crippen LogP contribution in [0.1, 0.15) is 35.7 Å². The van der Waals surface area contributed by atoms with Crippen molar-refractivity contribution in [2.75, 3.05) is 5.32 Å². The minimum Gasteiger partial charge on any atom is -0.478 e. The van der Waals surface area contributed by atoms with Gasteiger partial charge in [0.05, 0.1) is 5.56 Å². The maximum absolute atomic E-state index is 11.9. The maximum Gasteiger partial charge on any atom is 0.336 e. The van der Waals surface area contributed by atoms with Crippen molar-refractivity contribution in [1.82, 2.24) is 5.32 Å². The fourth-order valence-electron chi connectivity index (χ4n) is 1.79. The zero-order valence-electron chi connectivity index (χ0n) is 11.6. The van der Waals surface area contributed by atoms with Gasteiger partial charge in [-0.1, -0.05) is 13.0 Å². The molecule has 5 heteroatoms. The number of carbonyl (C=O) groups excluding carboxylic acids is 1. The molecule has 0 saturated carbocycles. The molecule has 1 rings (SSSR count). The van der Waals surface area contributed by atoms with Crippen LogP contribution in [0.4, 0.5) is 10.5 Å². The van der Waals surface area contributed by atoms with Crippen LogP contribution in [-0.4, -0.2) is 23.1 Å². The van der Waals surface area contributed by atoms with Crippen molar-refractivity contribution >= 4 is 17.7 Å². The van der Waals surface area contributed by atoms with Crippen LogP contribution in [0, 0.1) is 19.3 Å². The summed E-state index contributed by atoms with van der Waals surface area (Å²) in [5, 5.41) is 14.4. The van der Waals surface area contributed by atoms with Crippen molar-refractivity contribution in [3.8, 4) is 12.3 Å². The molecule has 20 heavy (non-hydrogen) atoms. The highest BCUT2D eigenvalue weighted by atomic mass is 16.4. The lowest BCUT2D eigenvalue weighted by molar-refractivity contribution is 0.0696. The maximum atomic E-state index is 11.9. The number of carboxylic acids is 1. The van der Waals surface area contributed by atoms with Gasteiger partial charge in [-0.05, 0) is 31.0 Å². The molecule has 0 aliphatic rings. The zero-order chi connectivity index (χ0) is 15.1. The predicted molar refractivity (Wildman–Crippen MR) is 77.8 cm³/mol. The van der Waals surface area contributed by atoms with E-state index in [-0.39, 0.29) is 11.6 Å². The van der Waals surface area contributed by atoms with Gasteiger partial charge in [0.25, 0.3) is 0 Å². The Kier molecular flexibility index (Phi) is 5.60. The summed E-state index contributed by atoms with van der Waals surface area (Å²) in [7, 11) is 0. The first-order chi connectivity index (χ1) is 9.49. The molecule has 0 fully saturated rings. The van der Waals surface area contributed by atoms with E-state index in [4.69, 9.17) is 11.5 Å². The van der Waals surface area contributed by atoms with Gasteiger partial charge in [-0.2, -0.15) is 0 Å². The number of carbonyl (C=O) groups is 2. The Bertz CT molecular complexity index is 547. The third-order valence-corrected chi connectivity index (χ3v) is 3.00. The first-order valence-electron chi connectivity index (χ1n) is 6.33. The average Bonchev–Trinajstić information content (AvgIpc) is 2.40. The second-order valence-electron chi connectivity index (χ2n) is 4.40. The standard InChI is InChI=1S/C15H18N2O3/c1-4-7-11(5-2)16-15(20)17-13-9-6-8-12(10(13)3)14(18)19/h1,6,8-9,11H,5,7H2,2-3H3,(H,18,19)(H2,16,17,20). The number of aromatic carboxylic acids is 1. The molecule has 3 N–H and O–H groups in total. The molecule has 0 spiro atoms. The number of urea groups is 1. The molecule has 1 aromatic carbocycles. The lowest BCUT2D eigenvalue weighted by atomic mass is 10.1. The van der Waals surface area contributed by atoms with Gasteiger partial charge in [0.15, 0.2) is 0 Å². The number of rotatable bonds is 5. The summed E-state index contributed by atoms with van der Waals surface area (Å²) in [6.45, 7) is 3.58. The van der Waals surface area contributed by atoms with Crippen molar-refractivity contribution in [2.45, 2.75) is 32.7 Å². The summed E-state index contributed by atoms with van der Waals surface area (Å²) in [4.78, 5) is 22.9. The van der Waals surface area contributed by atoms with Crippen LogP contribution < -0.4 is 10.6 Å². The molecule has 1 atom stereocenters. The van der Waals surface area contributed by atoms with Crippen molar-refractivity contribution in [3.05, 3.63) is 29.3 Å². The SMILES string of the molecule is C#CCC(CC)NC(=O)Nc1cccc(C(=O)O)c1C. The van der Waals surface area contributed by atoms with E-state index in [0.29, 0.717) is 17.7 Å². The number of amides is 2. The summed E-state index contributed by atoms with van der Waals surface area (Å²) < 4.78 is 0. The Labute approximate surface area is 118 Å². The Balaban J connectivity index is 2.79. The number of hydrogen-bond acceptors (Lipinski definition) is 2. The van der Waals surface area contributed by atoms with Crippen LogP contribution in [0.25, 0.3) is 0 Å². The van der Waals surface area contributed by atoms with E-state index in [0.717, 1.165) is 6.42 Å². The molecular formula is C15H18N2O3. The Hall–Kier alpha value is -2.48.